The van der Waals surface area contributed by atoms with Crippen molar-refractivity contribution in [2.24, 2.45) is 0 Å². The van der Waals surface area contributed by atoms with Crippen molar-refractivity contribution in [2.75, 3.05) is 22.9 Å². The lowest BCUT2D eigenvalue weighted by atomic mass is 10.0. The van der Waals surface area contributed by atoms with Crippen LogP contribution in [0.15, 0.2) is 24.3 Å². The van der Waals surface area contributed by atoms with E-state index in [-0.39, 0.29) is 5.91 Å². The maximum atomic E-state index is 12.1. The molecule has 1 atom stereocenters. The molecular weight excluding hydrogens is 322 g/mol. The van der Waals surface area contributed by atoms with Crippen LogP contribution in [0.3, 0.4) is 0 Å². The van der Waals surface area contributed by atoms with Crippen LogP contribution in [-0.2, 0) is 4.79 Å². The van der Waals surface area contributed by atoms with E-state index < -0.39 is 0 Å². The summed E-state index contributed by atoms with van der Waals surface area (Å²) in [4.78, 5) is 16.5. The first-order valence-electron chi connectivity index (χ1n) is 10.5. The highest BCUT2D eigenvalue weighted by Crippen LogP contribution is 2.41. The van der Waals surface area contributed by atoms with Gasteiger partial charge in [-0.2, -0.15) is 0 Å². The largest absolute Gasteiger partial charge is 0.371 e. The number of hydrogen-bond donors (Lipinski definition) is 1. The minimum absolute atomic E-state index is 0.262. The number of amides is 1. The zero-order valence-corrected chi connectivity index (χ0v) is 16.3. The summed E-state index contributed by atoms with van der Waals surface area (Å²) in [5.74, 6) is 0.262. The normalized spacial score (nSPS) is 25.8. The van der Waals surface area contributed by atoms with Gasteiger partial charge >= 0.3 is 0 Å². The van der Waals surface area contributed by atoms with Gasteiger partial charge in [0.2, 0.25) is 5.91 Å². The van der Waals surface area contributed by atoms with Gasteiger partial charge in [0.05, 0.1) is 0 Å². The first-order chi connectivity index (χ1) is 12.6. The monoisotopic (exact) mass is 355 g/mol. The molecule has 4 heteroatoms. The topological polar surface area (TPSA) is 35.6 Å². The fourth-order valence-corrected chi connectivity index (χ4v) is 4.86. The fourth-order valence-electron chi connectivity index (χ4n) is 4.86. The first kappa shape index (κ1) is 17.8. The molecule has 0 radical (unpaired) electrons. The van der Waals surface area contributed by atoms with Crippen molar-refractivity contribution in [1.29, 1.82) is 0 Å². The highest BCUT2D eigenvalue weighted by atomic mass is 16.2. The molecular formula is C22H33N3O. The average molecular weight is 356 g/mol. The number of carbonyl (C=O) groups excluding carboxylic acids is 1. The SMILES string of the molecule is CCCC1(NC2CCN(c3ccc(N4C(=O)CC[C@@H]4C)cc3)CC2)CC1. The molecule has 4 rings (SSSR count). The lowest BCUT2D eigenvalue weighted by molar-refractivity contribution is -0.117. The van der Waals surface area contributed by atoms with E-state index in [1.54, 1.807) is 0 Å². The van der Waals surface area contributed by atoms with E-state index in [0.29, 0.717) is 24.0 Å². The minimum Gasteiger partial charge on any atom is -0.371 e. The van der Waals surface area contributed by atoms with Crippen LogP contribution in [-0.4, -0.2) is 36.6 Å². The number of rotatable bonds is 6. The third kappa shape index (κ3) is 3.62. The summed E-state index contributed by atoms with van der Waals surface area (Å²) in [6.45, 7) is 6.68. The van der Waals surface area contributed by atoms with E-state index in [2.05, 4.69) is 48.3 Å². The van der Waals surface area contributed by atoms with Crippen LogP contribution in [0.2, 0.25) is 0 Å². The van der Waals surface area contributed by atoms with Crippen LogP contribution in [0.25, 0.3) is 0 Å². The maximum Gasteiger partial charge on any atom is 0.227 e. The van der Waals surface area contributed by atoms with E-state index in [9.17, 15) is 4.79 Å². The summed E-state index contributed by atoms with van der Waals surface area (Å²) in [5, 5.41) is 3.96. The number of nitrogens with one attached hydrogen (secondary N) is 1. The van der Waals surface area contributed by atoms with Crippen LogP contribution in [0.5, 0.6) is 0 Å². The molecule has 1 aromatic rings. The van der Waals surface area contributed by atoms with E-state index >= 15 is 0 Å². The lowest BCUT2D eigenvalue weighted by Crippen LogP contribution is -2.47. The Morgan fingerprint density at radius 1 is 1.08 bits per heavy atom. The molecule has 1 aromatic carbocycles. The molecule has 0 spiro atoms. The van der Waals surface area contributed by atoms with Gasteiger partial charge in [-0.3, -0.25) is 4.79 Å². The van der Waals surface area contributed by atoms with Gasteiger partial charge in [0.1, 0.15) is 0 Å². The Labute approximate surface area is 157 Å². The van der Waals surface area contributed by atoms with E-state index in [4.69, 9.17) is 0 Å². The van der Waals surface area contributed by atoms with Crippen molar-refractivity contribution in [1.82, 2.24) is 5.32 Å². The van der Waals surface area contributed by atoms with Crippen LogP contribution < -0.4 is 15.1 Å². The van der Waals surface area contributed by atoms with Crippen LogP contribution in [0.1, 0.15) is 65.2 Å². The molecule has 2 saturated heterocycles. The lowest BCUT2D eigenvalue weighted by Gasteiger charge is -2.36. The predicted octanol–water partition coefficient (Wildman–Crippen LogP) is 4.09. The maximum absolute atomic E-state index is 12.1. The van der Waals surface area contributed by atoms with Crippen molar-refractivity contribution >= 4 is 17.3 Å². The molecule has 1 N–H and O–H groups in total. The van der Waals surface area contributed by atoms with Crippen molar-refractivity contribution in [3.05, 3.63) is 24.3 Å². The Balaban J connectivity index is 1.32. The van der Waals surface area contributed by atoms with Crippen LogP contribution in [0, 0.1) is 0 Å². The standard InChI is InChI=1S/C22H33N3O/c1-3-12-22(13-14-22)23-18-10-15-24(16-11-18)19-5-7-20(8-6-19)25-17(2)4-9-21(25)26/h5-8,17-18,23H,3-4,9-16H2,1-2H3/t17-/m0/s1. The number of hydrogen-bond acceptors (Lipinski definition) is 3. The van der Waals surface area contributed by atoms with Gasteiger partial charge in [0, 0.05) is 48.5 Å². The van der Waals surface area contributed by atoms with Crippen molar-refractivity contribution < 1.29 is 4.79 Å². The Morgan fingerprint density at radius 2 is 1.73 bits per heavy atom. The van der Waals surface area contributed by atoms with Gasteiger partial charge in [-0.15, -0.1) is 0 Å². The number of anilines is 2. The van der Waals surface area contributed by atoms with Crippen LogP contribution >= 0.6 is 0 Å². The summed E-state index contributed by atoms with van der Waals surface area (Å²) >= 11 is 0. The number of benzene rings is 1. The molecule has 26 heavy (non-hydrogen) atoms. The molecule has 0 unspecified atom stereocenters. The summed E-state index contributed by atoms with van der Waals surface area (Å²) in [7, 11) is 0. The molecule has 2 heterocycles. The quantitative estimate of drug-likeness (QED) is 0.835. The van der Waals surface area contributed by atoms with Crippen LogP contribution in [0.4, 0.5) is 11.4 Å². The Hall–Kier alpha value is -1.55. The van der Waals surface area contributed by atoms with E-state index in [0.717, 1.165) is 25.2 Å². The summed E-state index contributed by atoms with van der Waals surface area (Å²) < 4.78 is 0. The van der Waals surface area contributed by atoms with Gasteiger partial charge < -0.3 is 15.1 Å². The van der Waals surface area contributed by atoms with E-state index in [1.807, 2.05) is 4.90 Å². The number of nitrogens with zero attached hydrogens (tertiary/aromatic N) is 2. The third-order valence-electron chi connectivity index (χ3n) is 6.57. The Bertz CT molecular complexity index is 629. The molecule has 4 nitrogen and oxygen atoms in total. The van der Waals surface area contributed by atoms with Crippen molar-refractivity contribution in [3.63, 3.8) is 0 Å². The zero-order chi connectivity index (χ0) is 18.1. The predicted molar refractivity (Wildman–Crippen MR) is 108 cm³/mol. The van der Waals surface area contributed by atoms with Gasteiger partial charge in [-0.25, -0.2) is 0 Å². The van der Waals surface area contributed by atoms with Gasteiger partial charge in [0.15, 0.2) is 0 Å². The molecule has 142 valence electrons. The van der Waals surface area contributed by atoms with Gasteiger partial charge in [-0.1, -0.05) is 13.3 Å². The summed E-state index contributed by atoms with van der Waals surface area (Å²) in [6, 6.07) is 9.65. The second-order valence-corrected chi connectivity index (χ2v) is 8.60. The number of piperidine rings is 1. The second kappa shape index (κ2) is 7.22. The molecule has 1 aliphatic carbocycles. The van der Waals surface area contributed by atoms with Crippen molar-refractivity contribution in [3.8, 4) is 0 Å². The van der Waals surface area contributed by atoms with Crippen molar-refractivity contribution in [2.45, 2.75) is 82.8 Å². The Morgan fingerprint density at radius 3 is 2.27 bits per heavy atom. The second-order valence-electron chi connectivity index (χ2n) is 8.60. The van der Waals surface area contributed by atoms with Gasteiger partial charge in [-0.05, 0) is 69.7 Å². The number of carbonyl (C=O) groups is 1. The molecule has 0 aromatic heterocycles. The summed E-state index contributed by atoms with van der Waals surface area (Å²) in [6.07, 6.45) is 9.48. The van der Waals surface area contributed by atoms with E-state index in [1.165, 1.54) is 44.2 Å². The molecule has 2 aliphatic heterocycles. The zero-order valence-electron chi connectivity index (χ0n) is 16.3. The first-order valence-corrected chi connectivity index (χ1v) is 10.5. The van der Waals surface area contributed by atoms with Gasteiger partial charge in [0.25, 0.3) is 0 Å². The highest BCUT2D eigenvalue weighted by Gasteiger charge is 2.43. The average Bonchev–Trinajstić information content (AvgIpc) is 3.32. The summed E-state index contributed by atoms with van der Waals surface area (Å²) in [5.41, 5.74) is 2.83. The Kier molecular flexibility index (Phi) is 4.96. The molecule has 3 aliphatic rings. The fraction of sp³-hybridized carbons (Fsp3) is 0.682. The molecule has 1 saturated carbocycles. The smallest absolute Gasteiger partial charge is 0.227 e. The minimum atomic E-state index is 0.262. The molecule has 3 fully saturated rings. The molecule has 0 bridgehead atoms. The highest BCUT2D eigenvalue weighted by molar-refractivity contribution is 5.96. The third-order valence-corrected chi connectivity index (χ3v) is 6.57. The molecule has 1 amide bonds.